The first-order valence-corrected chi connectivity index (χ1v) is 4.21. The van der Waals surface area contributed by atoms with Gasteiger partial charge in [-0.05, 0) is 22.0 Å². The standard InChI is InChI=1S/C8H6BrN3/c1-2-7-4-11-8-10-3-6(9)5-12(7)8/h2-5H,1H2. The number of hydrogen-bond donors (Lipinski definition) is 0. The third-order valence-electron chi connectivity index (χ3n) is 1.57. The summed E-state index contributed by atoms with van der Waals surface area (Å²) >= 11 is 3.34. The van der Waals surface area contributed by atoms with Crippen molar-refractivity contribution in [3.8, 4) is 0 Å². The summed E-state index contributed by atoms with van der Waals surface area (Å²) in [5.41, 5.74) is 0.943. The Morgan fingerprint density at radius 1 is 1.42 bits per heavy atom. The molecular weight excluding hydrogens is 218 g/mol. The minimum Gasteiger partial charge on any atom is -0.283 e. The fourth-order valence-corrected chi connectivity index (χ4v) is 1.33. The Kier molecular flexibility index (Phi) is 1.69. The normalized spacial score (nSPS) is 10.4. The number of rotatable bonds is 1. The first kappa shape index (κ1) is 7.49. The highest BCUT2D eigenvalue weighted by molar-refractivity contribution is 9.10. The van der Waals surface area contributed by atoms with Gasteiger partial charge in [0.15, 0.2) is 0 Å². The lowest BCUT2D eigenvalue weighted by atomic mass is 10.5. The van der Waals surface area contributed by atoms with Crippen molar-refractivity contribution in [3.63, 3.8) is 0 Å². The smallest absolute Gasteiger partial charge is 0.234 e. The van der Waals surface area contributed by atoms with Crippen molar-refractivity contribution in [2.75, 3.05) is 0 Å². The van der Waals surface area contributed by atoms with Crippen molar-refractivity contribution < 1.29 is 0 Å². The number of halogens is 1. The molecule has 0 atom stereocenters. The van der Waals surface area contributed by atoms with Crippen LogP contribution in [0.25, 0.3) is 11.9 Å². The van der Waals surface area contributed by atoms with Crippen LogP contribution in [0, 0.1) is 0 Å². The maximum atomic E-state index is 4.11. The third-order valence-corrected chi connectivity index (χ3v) is 1.98. The van der Waals surface area contributed by atoms with E-state index in [9.17, 15) is 0 Å². The molecule has 3 nitrogen and oxygen atoms in total. The molecule has 60 valence electrons. The van der Waals surface area contributed by atoms with Gasteiger partial charge in [0.1, 0.15) is 0 Å². The number of aromatic nitrogens is 3. The van der Waals surface area contributed by atoms with E-state index in [1.807, 2.05) is 10.6 Å². The maximum absolute atomic E-state index is 4.11. The van der Waals surface area contributed by atoms with E-state index in [0.717, 1.165) is 10.2 Å². The molecule has 0 aliphatic carbocycles. The maximum Gasteiger partial charge on any atom is 0.234 e. The Hall–Kier alpha value is -1.16. The van der Waals surface area contributed by atoms with Crippen LogP contribution in [-0.2, 0) is 0 Å². The number of nitrogens with zero attached hydrogens (tertiary/aromatic N) is 3. The zero-order valence-electron chi connectivity index (χ0n) is 6.24. The Balaban J connectivity index is 2.83. The summed E-state index contributed by atoms with van der Waals surface area (Å²) in [6, 6.07) is 0. The molecule has 0 bridgehead atoms. The second kappa shape index (κ2) is 2.71. The molecule has 4 heteroatoms. The average Bonchev–Trinajstić information content (AvgIpc) is 2.46. The van der Waals surface area contributed by atoms with Crippen LogP contribution in [0.2, 0.25) is 0 Å². The third kappa shape index (κ3) is 1.04. The molecule has 0 fully saturated rings. The van der Waals surface area contributed by atoms with Gasteiger partial charge in [0.2, 0.25) is 5.78 Å². The van der Waals surface area contributed by atoms with Crippen molar-refractivity contribution in [1.29, 1.82) is 0 Å². The second-order valence-corrected chi connectivity index (χ2v) is 3.25. The van der Waals surface area contributed by atoms with Crippen LogP contribution in [0.5, 0.6) is 0 Å². The molecule has 0 aliphatic heterocycles. The van der Waals surface area contributed by atoms with Crippen LogP contribution in [0.4, 0.5) is 0 Å². The molecule has 0 aromatic carbocycles. The Bertz CT molecular complexity index is 433. The van der Waals surface area contributed by atoms with Crippen LogP contribution >= 0.6 is 15.9 Å². The number of fused-ring (bicyclic) bond motifs is 1. The highest BCUT2D eigenvalue weighted by Gasteiger charge is 1.99. The van der Waals surface area contributed by atoms with E-state index in [1.54, 1.807) is 18.5 Å². The number of hydrogen-bond acceptors (Lipinski definition) is 2. The quantitative estimate of drug-likeness (QED) is 0.742. The molecule has 2 heterocycles. The molecule has 0 spiro atoms. The largest absolute Gasteiger partial charge is 0.283 e. The molecule has 0 aliphatic rings. The molecule has 0 saturated heterocycles. The van der Waals surface area contributed by atoms with Crippen LogP contribution in [0.15, 0.2) is 29.6 Å². The molecule has 2 rings (SSSR count). The van der Waals surface area contributed by atoms with Crippen LogP contribution in [0.3, 0.4) is 0 Å². The highest BCUT2D eigenvalue weighted by Crippen LogP contribution is 2.11. The van der Waals surface area contributed by atoms with Gasteiger partial charge in [0.05, 0.1) is 16.4 Å². The van der Waals surface area contributed by atoms with E-state index in [-0.39, 0.29) is 0 Å². The van der Waals surface area contributed by atoms with Gasteiger partial charge in [-0.2, -0.15) is 0 Å². The van der Waals surface area contributed by atoms with Gasteiger partial charge in [-0.15, -0.1) is 0 Å². The van der Waals surface area contributed by atoms with Crippen molar-refractivity contribution in [2.24, 2.45) is 0 Å². The van der Waals surface area contributed by atoms with E-state index in [0.29, 0.717) is 5.78 Å². The lowest BCUT2D eigenvalue weighted by molar-refractivity contribution is 1.09. The van der Waals surface area contributed by atoms with E-state index in [1.165, 1.54) is 0 Å². The van der Waals surface area contributed by atoms with Crippen molar-refractivity contribution >= 4 is 27.8 Å². The molecule has 2 aromatic heterocycles. The Labute approximate surface area is 77.9 Å². The van der Waals surface area contributed by atoms with Gasteiger partial charge in [-0.25, -0.2) is 9.97 Å². The summed E-state index contributed by atoms with van der Waals surface area (Å²) < 4.78 is 2.80. The second-order valence-electron chi connectivity index (χ2n) is 2.33. The summed E-state index contributed by atoms with van der Waals surface area (Å²) in [6.07, 6.45) is 7.11. The first-order valence-electron chi connectivity index (χ1n) is 3.42. The van der Waals surface area contributed by atoms with Gasteiger partial charge in [-0.1, -0.05) is 6.58 Å². The monoisotopic (exact) mass is 223 g/mol. The van der Waals surface area contributed by atoms with Crippen LogP contribution < -0.4 is 0 Å². The molecule has 2 aromatic rings. The summed E-state index contributed by atoms with van der Waals surface area (Å²) in [5, 5.41) is 0. The predicted octanol–water partition coefficient (Wildman–Crippen LogP) is 2.13. The summed E-state index contributed by atoms with van der Waals surface area (Å²) in [4.78, 5) is 8.20. The van der Waals surface area contributed by atoms with Crippen molar-refractivity contribution in [1.82, 2.24) is 14.4 Å². The SMILES string of the molecule is C=Cc1cnc2ncc(Br)cn12. The summed E-state index contributed by atoms with van der Waals surface area (Å²) in [5.74, 6) is 0.688. The topological polar surface area (TPSA) is 30.2 Å². The Morgan fingerprint density at radius 3 is 2.92 bits per heavy atom. The van der Waals surface area contributed by atoms with E-state index >= 15 is 0 Å². The van der Waals surface area contributed by atoms with E-state index in [4.69, 9.17) is 0 Å². The van der Waals surface area contributed by atoms with Gasteiger partial charge >= 0.3 is 0 Å². The highest BCUT2D eigenvalue weighted by atomic mass is 79.9. The van der Waals surface area contributed by atoms with Gasteiger partial charge in [-0.3, -0.25) is 4.40 Å². The molecule has 12 heavy (non-hydrogen) atoms. The minimum atomic E-state index is 0.688. The lowest BCUT2D eigenvalue weighted by Gasteiger charge is -1.95. The minimum absolute atomic E-state index is 0.688. The summed E-state index contributed by atoms with van der Waals surface area (Å²) in [7, 11) is 0. The van der Waals surface area contributed by atoms with Crippen molar-refractivity contribution in [2.45, 2.75) is 0 Å². The summed E-state index contributed by atoms with van der Waals surface area (Å²) in [6.45, 7) is 3.68. The van der Waals surface area contributed by atoms with Gasteiger partial charge in [0.25, 0.3) is 0 Å². The zero-order chi connectivity index (χ0) is 8.55. The molecule has 0 unspecified atom stereocenters. The molecule has 0 saturated carbocycles. The van der Waals surface area contributed by atoms with Crippen molar-refractivity contribution in [3.05, 3.63) is 35.3 Å². The van der Waals surface area contributed by atoms with E-state index in [2.05, 4.69) is 32.5 Å². The number of imidazole rings is 1. The Morgan fingerprint density at radius 2 is 2.17 bits per heavy atom. The predicted molar refractivity (Wildman–Crippen MR) is 50.8 cm³/mol. The lowest BCUT2D eigenvalue weighted by Crippen LogP contribution is -1.89. The fraction of sp³-hybridized carbons (Fsp3) is 0. The zero-order valence-corrected chi connectivity index (χ0v) is 7.82. The van der Waals surface area contributed by atoms with E-state index < -0.39 is 0 Å². The van der Waals surface area contributed by atoms with Crippen LogP contribution in [-0.4, -0.2) is 14.4 Å². The molecule has 0 radical (unpaired) electrons. The van der Waals surface area contributed by atoms with Crippen LogP contribution in [0.1, 0.15) is 5.69 Å². The average molecular weight is 224 g/mol. The molecule has 0 amide bonds. The first-order chi connectivity index (χ1) is 5.81. The molecule has 0 N–H and O–H groups in total. The fourth-order valence-electron chi connectivity index (χ4n) is 1.02. The van der Waals surface area contributed by atoms with Gasteiger partial charge < -0.3 is 0 Å². The molecular formula is C8H6BrN3. The van der Waals surface area contributed by atoms with Gasteiger partial charge in [0, 0.05) is 12.4 Å².